The number of carbonyl (C=O) groups is 2. The lowest BCUT2D eigenvalue weighted by Gasteiger charge is -2.07. The second kappa shape index (κ2) is 4.22. The number of carboxylic acids is 2. The summed E-state index contributed by atoms with van der Waals surface area (Å²) in [5.41, 5.74) is 0. The van der Waals surface area contributed by atoms with Crippen molar-refractivity contribution in [3.05, 3.63) is 0 Å². The van der Waals surface area contributed by atoms with E-state index < -0.39 is 39.9 Å². The van der Waals surface area contributed by atoms with E-state index in [9.17, 15) is 18.0 Å². The van der Waals surface area contributed by atoms with Gasteiger partial charge in [-0.25, -0.2) is 8.42 Å². The topological polar surface area (TPSA) is 109 Å². The predicted octanol–water partition coefficient (Wildman–Crippen LogP) is -0.651. The van der Waals surface area contributed by atoms with E-state index >= 15 is 0 Å². The van der Waals surface area contributed by atoms with Crippen molar-refractivity contribution in [3.63, 3.8) is 0 Å². The average Bonchev–Trinajstić information content (AvgIpc) is 1.81. The van der Waals surface area contributed by atoms with Crippen LogP contribution >= 0.6 is 0 Å². The second-order valence-corrected chi connectivity index (χ2v) is 4.82. The molecule has 0 aromatic rings. The first-order valence-electron chi connectivity index (χ1n) is 3.38. The highest BCUT2D eigenvalue weighted by molar-refractivity contribution is 7.92. The van der Waals surface area contributed by atoms with Gasteiger partial charge in [-0.2, -0.15) is 0 Å². The van der Waals surface area contributed by atoms with E-state index in [-0.39, 0.29) is 0 Å². The molecule has 2 N–H and O–H groups in total. The van der Waals surface area contributed by atoms with Gasteiger partial charge in [-0.05, 0) is 6.42 Å². The summed E-state index contributed by atoms with van der Waals surface area (Å²) >= 11 is 0. The molecular weight excluding hydrogens is 200 g/mol. The molecule has 0 saturated carbocycles. The molecule has 0 aliphatic heterocycles. The van der Waals surface area contributed by atoms with Gasteiger partial charge in [-0.3, -0.25) is 9.59 Å². The van der Waals surface area contributed by atoms with E-state index in [0.717, 1.165) is 6.26 Å². The molecule has 0 saturated heterocycles. The van der Waals surface area contributed by atoms with E-state index in [1.165, 1.54) is 0 Å². The summed E-state index contributed by atoms with van der Waals surface area (Å²) in [6, 6.07) is 0. The van der Waals surface area contributed by atoms with Gasteiger partial charge in [-0.15, -0.1) is 0 Å². The fourth-order valence-corrected chi connectivity index (χ4v) is 1.69. The number of aliphatic carboxylic acids is 2. The molecule has 7 heteroatoms. The van der Waals surface area contributed by atoms with E-state index in [0.29, 0.717) is 0 Å². The van der Waals surface area contributed by atoms with Crippen molar-refractivity contribution in [2.24, 2.45) is 0 Å². The Morgan fingerprint density at radius 3 is 2.00 bits per heavy atom. The molecule has 0 amide bonds. The molecule has 0 bridgehead atoms. The number of hydrogen-bond donors (Lipinski definition) is 2. The van der Waals surface area contributed by atoms with Crippen LogP contribution in [0.5, 0.6) is 0 Å². The van der Waals surface area contributed by atoms with E-state index in [1.807, 2.05) is 0 Å². The summed E-state index contributed by atoms with van der Waals surface area (Å²) in [5.74, 6) is -2.72. The van der Waals surface area contributed by atoms with Crippen LogP contribution in [0, 0.1) is 0 Å². The Labute approximate surface area is 75.1 Å². The third-order valence-corrected chi connectivity index (χ3v) is 2.88. The van der Waals surface area contributed by atoms with E-state index in [2.05, 4.69) is 0 Å². The van der Waals surface area contributed by atoms with Crippen molar-refractivity contribution in [3.8, 4) is 0 Å². The molecular formula is C6H10O6S. The van der Waals surface area contributed by atoms with Gasteiger partial charge in [0.15, 0.2) is 15.1 Å². The monoisotopic (exact) mass is 210 g/mol. The largest absolute Gasteiger partial charge is 0.481 e. The highest BCUT2D eigenvalue weighted by atomic mass is 32.2. The number of hydrogen-bond acceptors (Lipinski definition) is 4. The van der Waals surface area contributed by atoms with Crippen LogP contribution in [0.25, 0.3) is 0 Å². The molecule has 76 valence electrons. The third-order valence-electron chi connectivity index (χ3n) is 1.41. The van der Waals surface area contributed by atoms with Gasteiger partial charge in [0.05, 0.1) is 0 Å². The lowest BCUT2D eigenvalue weighted by molar-refractivity contribution is -0.138. The molecule has 0 heterocycles. The Kier molecular flexibility index (Phi) is 3.86. The Bertz CT molecular complexity index is 303. The fourth-order valence-electron chi connectivity index (χ4n) is 0.775. The molecule has 0 aliphatic carbocycles. The van der Waals surface area contributed by atoms with Crippen LogP contribution in [0.3, 0.4) is 0 Å². The molecule has 6 nitrogen and oxygen atoms in total. The standard InChI is InChI=1S/C6H10O6S/c1-13(11,12)4(6(9)10)2-3-5(7)8/h4H,2-3H2,1H3,(H,7,8)(H,9,10). The first-order valence-corrected chi connectivity index (χ1v) is 5.34. The van der Waals surface area contributed by atoms with Crippen molar-refractivity contribution < 1.29 is 28.2 Å². The van der Waals surface area contributed by atoms with Crippen LogP contribution in [0.2, 0.25) is 0 Å². The zero-order valence-electron chi connectivity index (χ0n) is 6.93. The van der Waals surface area contributed by atoms with Crippen LogP contribution in [0.4, 0.5) is 0 Å². The first-order chi connectivity index (χ1) is 5.75. The molecule has 1 atom stereocenters. The van der Waals surface area contributed by atoms with Crippen molar-refractivity contribution in [1.82, 2.24) is 0 Å². The Hall–Kier alpha value is -1.11. The maximum Gasteiger partial charge on any atom is 0.321 e. The minimum Gasteiger partial charge on any atom is -0.481 e. The van der Waals surface area contributed by atoms with Crippen LogP contribution in [-0.4, -0.2) is 42.1 Å². The summed E-state index contributed by atoms with van der Waals surface area (Å²) in [7, 11) is -3.72. The van der Waals surface area contributed by atoms with Crippen LogP contribution in [-0.2, 0) is 19.4 Å². The number of rotatable bonds is 5. The zero-order chi connectivity index (χ0) is 10.6. The fraction of sp³-hybridized carbons (Fsp3) is 0.667. The lowest BCUT2D eigenvalue weighted by Crippen LogP contribution is -2.29. The van der Waals surface area contributed by atoms with Crippen LogP contribution in [0.1, 0.15) is 12.8 Å². The smallest absolute Gasteiger partial charge is 0.321 e. The van der Waals surface area contributed by atoms with Gasteiger partial charge in [-0.1, -0.05) is 0 Å². The molecule has 1 unspecified atom stereocenters. The third kappa shape index (κ3) is 4.46. The van der Waals surface area contributed by atoms with Gasteiger partial charge in [0, 0.05) is 12.7 Å². The number of sulfone groups is 1. The summed E-state index contributed by atoms with van der Waals surface area (Å²) < 4.78 is 21.6. The minimum absolute atomic E-state index is 0.399. The highest BCUT2D eigenvalue weighted by Crippen LogP contribution is 2.07. The van der Waals surface area contributed by atoms with E-state index in [1.54, 1.807) is 0 Å². The molecule has 0 fully saturated rings. The van der Waals surface area contributed by atoms with Crippen molar-refractivity contribution in [2.45, 2.75) is 18.1 Å². The first kappa shape index (κ1) is 11.9. The van der Waals surface area contributed by atoms with Crippen molar-refractivity contribution in [2.75, 3.05) is 6.26 Å². The molecule has 0 radical (unpaired) electrons. The minimum atomic E-state index is -3.72. The lowest BCUT2D eigenvalue weighted by atomic mass is 10.2. The van der Waals surface area contributed by atoms with Crippen molar-refractivity contribution >= 4 is 21.8 Å². The second-order valence-electron chi connectivity index (χ2n) is 2.59. The normalized spacial score (nSPS) is 13.6. The molecule has 13 heavy (non-hydrogen) atoms. The highest BCUT2D eigenvalue weighted by Gasteiger charge is 2.28. The molecule has 0 rings (SSSR count). The van der Waals surface area contributed by atoms with Crippen LogP contribution < -0.4 is 0 Å². The Morgan fingerprint density at radius 2 is 1.77 bits per heavy atom. The van der Waals surface area contributed by atoms with Crippen LogP contribution in [0.15, 0.2) is 0 Å². The molecule has 0 aromatic heterocycles. The summed E-state index contributed by atoms with van der Waals surface area (Å²) in [4.78, 5) is 20.5. The predicted molar refractivity (Wildman–Crippen MR) is 43.1 cm³/mol. The Morgan fingerprint density at radius 1 is 1.31 bits per heavy atom. The van der Waals surface area contributed by atoms with Gasteiger partial charge in [0.2, 0.25) is 0 Å². The maximum absolute atomic E-state index is 10.8. The molecule has 0 spiro atoms. The van der Waals surface area contributed by atoms with Crippen molar-refractivity contribution in [1.29, 1.82) is 0 Å². The number of carboxylic acid groups (broad SMARTS) is 2. The van der Waals surface area contributed by atoms with E-state index in [4.69, 9.17) is 10.2 Å². The SMILES string of the molecule is CS(=O)(=O)C(CCC(=O)O)C(=O)O. The van der Waals surface area contributed by atoms with Gasteiger partial charge in [0.25, 0.3) is 0 Å². The zero-order valence-corrected chi connectivity index (χ0v) is 7.74. The Balaban J connectivity index is 4.47. The van der Waals surface area contributed by atoms with Gasteiger partial charge >= 0.3 is 11.9 Å². The molecule has 0 aliphatic rings. The quantitative estimate of drug-likeness (QED) is 0.624. The summed E-state index contributed by atoms with van der Waals surface area (Å²) in [5, 5.41) is 15.1. The summed E-state index contributed by atoms with van der Waals surface area (Å²) in [6.45, 7) is 0. The average molecular weight is 210 g/mol. The summed E-state index contributed by atoms with van der Waals surface area (Å²) in [6.07, 6.45) is -0.0961. The van der Waals surface area contributed by atoms with Gasteiger partial charge in [0.1, 0.15) is 0 Å². The van der Waals surface area contributed by atoms with Gasteiger partial charge < -0.3 is 10.2 Å². The molecule has 0 aromatic carbocycles. The maximum atomic E-state index is 10.8.